The minimum atomic E-state index is 0.664. The first kappa shape index (κ1) is 10.4. The molecule has 72 valence electrons. The van der Waals surface area contributed by atoms with Crippen molar-refractivity contribution in [3.63, 3.8) is 0 Å². The Morgan fingerprint density at radius 3 is 3.08 bits per heavy atom. The van der Waals surface area contributed by atoms with E-state index < -0.39 is 0 Å². The van der Waals surface area contributed by atoms with Crippen LogP contribution in [0.2, 0.25) is 0 Å². The smallest absolute Gasteiger partial charge is 0.0503 e. The van der Waals surface area contributed by atoms with E-state index in [1.165, 1.54) is 17.9 Å². The summed E-state index contributed by atoms with van der Waals surface area (Å²) in [5.41, 5.74) is 5.53. The van der Waals surface area contributed by atoms with Crippen molar-refractivity contribution in [3.8, 4) is 0 Å². The second-order valence-electron chi connectivity index (χ2n) is 3.61. The Balaban J connectivity index is 1.94. The van der Waals surface area contributed by atoms with Gasteiger partial charge in [-0.1, -0.05) is 6.92 Å². The Morgan fingerprint density at radius 1 is 1.67 bits per heavy atom. The van der Waals surface area contributed by atoms with Crippen LogP contribution in [0.4, 0.5) is 0 Å². The van der Waals surface area contributed by atoms with Crippen LogP contribution in [0.1, 0.15) is 13.3 Å². The zero-order valence-corrected chi connectivity index (χ0v) is 8.61. The van der Waals surface area contributed by atoms with E-state index in [0.717, 1.165) is 25.7 Å². The Morgan fingerprint density at radius 2 is 2.50 bits per heavy atom. The van der Waals surface area contributed by atoms with Crippen LogP contribution in [0.15, 0.2) is 0 Å². The van der Waals surface area contributed by atoms with Crippen molar-refractivity contribution in [2.75, 3.05) is 31.3 Å². The molecule has 0 aliphatic carbocycles. The lowest BCUT2D eigenvalue weighted by atomic mass is 10.2. The van der Waals surface area contributed by atoms with Crippen LogP contribution < -0.4 is 5.73 Å². The summed E-state index contributed by atoms with van der Waals surface area (Å²) in [5, 5.41) is 0. The molecule has 0 aromatic heterocycles. The maximum absolute atomic E-state index is 5.53. The summed E-state index contributed by atoms with van der Waals surface area (Å²) in [6.07, 6.45) is 1.25. The molecule has 0 aromatic carbocycles. The predicted molar refractivity (Wildman–Crippen MR) is 54.5 cm³/mol. The van der Waals surface area contributed by atoms with Gasteiger partial charge >= 0.3 is 0 Å². The van der Waals surface area contributed by atoms with Crippen molar-refractivity contribution in [1.82, 2.24) is 0 Å². The molecule has 1 fully saturated rings. The van der Waals surface area contributed by atoms with Gasteiger partial charge in [-0.25, -0.2) is 0 Å². The zero-order valence-electron chi connectivity index (χ0n) is 7.79. The van der Waals surface area contributed by atoms with E-state index in [-0.39, 0.29) is 0 Å². The predicted octanol–water partition coefficient (Wildman–Crippen LogP) is 1.35. The minimum Gasteiger partial charge on any atom is -0.381 e. The molecule has 2 nitrogen and oxygen atoms in total. The SMILES string of the molecule is CC(CN)CSCC1CCOC1. The van der Waals surface area contributed by atoms with Gasteiger partial charge in [-0.2, -0.15) is 11.8 Å². The van der Waals surface area contributed by atoms with Gasteiger partial charge in [0.15, 0.2) is 0 Å². The van der Waals surface area contributed by atoms with Crippen LogP contribution >= 0.6 is 11.8 Å². The van der Waals surface area contributed by atoms with Crippen LogP contribution in [-0.4, -0.2) is 31.3 Å². The van der Waals surface area contributed by atoms with E-state index in [9.17, 15) is 0 Å². The van der Waals surface area contributed by atoms with Crippen LogP contribution in [-0.2, 0) is 4.74 Å². The molecule has 2 N–H and O–H groups in total. The molecule has 1 heterocycles. The average molecular weight is 189 g/mol. The number of ether oxygens (including phenoxy) is 1. The maximum Gasteiger partial charge on any atom is 0.0503 e. The number of thioether (sulfide) groups is 1. The summed E-state index contributed by atoms with van der Waals surface area (Å²) in [6.45, 7) is 4.97. The summed E-state index contributed by atoms with van der Waals surface area (Å²) in [4.78, 5) is 0. The van der Waals surface area contributed by atoms with E-state index in [0.29, 0.717) is 5.92 Å². The monoisotopic (exact) mass is 189 g/mol. The highest BCUT2D eigenvalue weighted by Gasteiger charge is 2.15. The zero-order chi connectivity index (χ0) is 8.81. The van der Waals surface area contributed by atoms with Crippen molar-refractivity contribution in [3.05, 3.63) is 0 Å². The van der Waals surface area contributed by atoms with Gasteiger partial charge in [-0.3, -0.25) is 0 Å². The van der Waals surface area contributed by atoms with Crippen LogP contribution in [0.5, 0.6) is 0 Å². The van der Waals surface area contributed by atoms with Crippen molar-refractivity contribution in [1.29, 1.82) is 0 Å². The van der Waals surface area contributed by atoms with Crippen molar-refractivity contribution < 1.29 is 4.74 Å². The highest BCUT2D eigenvalue weighted by Crippen LogP contribution is 2.19. The molecule has 0 amide bonds. The van der Waals surface area contributed by atoms with Crippen molar-refractivity contribution in [2.24, 2.45) is 17.6 Å². The van der Waals surface area contributed by atoms with Gasteiger partial charge < -0.3 is 10.5 Å². The first-order valence-electron chi connectivity index (χ1n) is 4.68. The maximum atomic E-state index is 5.53. The Hall–Kier alpha value is 0.270. The second kappa shape index (κ2) is 5.84. The van der Waals surface area contributed by atoms with E-state index >= 15 is 0 Å². The molecule has 2 unspecified atom stereocenters. The quantitative estimate of drug-likeness (QED) is 0.709. The third kappa shape index (κ3) is 3.78. The average Bonchev–Trinajstić information content (AvgIpc) is 2.57. The number of hydrogen-bond acceptors (Lipinski definition) is 3. The fraction of sp³-hybridized carbons (Fsp3) is 1.00. The second-order valence-corrected chi connectivity index (χ2v) is 4.68. The molecular formula is C9H19NOS. The van der Waals surface area contributed by atoms with Gasteiger partial charge in [0.05, 0.1) is 6.61 Å². The molecule has 12 heavy (non-hydrogen) atoms. The summed E-state index contributed by atoms with van der Waals surface area (Å²) in [7, 11) is 0. The van der Waals surface area contributed by atoms with E-state index in [1.807, 2.05) is 11.8 Å². The summed E-state index contributed by atoms with van der Waals surface area (Å²) in [5.74, 6) is 3.93. The molecule has 0 radical (unpaired) electrons. The standard InChI is InChI=1S/C9H19NOS/c1-8(4-10)6-12-7-9-2-3-11-5-9/h8-9H,2-7,10H2,1H3. The Bertz CT molecular complexity index is 115. The molecule has 0 saturated carbocycles. The summed E-state index contributed by atoms with van der Waals surface area (Å²) < 4.78 is 5.30. The van der Waals surface area contributed by atoms with Gasteiger partial charge in [0.25, 0.3) is 0 Å². The number of rotatable bonds is 5. The van der Waals surface area contributed by atoms with Gasteiger partial charge in [-0.05, 0) is 36.3 Å². The lowest BCUT2D eigenvalue weighted by Crippen LogP contribution is -2.14. The van der Waals surface area contributed by atoms with E-state index in [2.05, 4.69) is 6.92 Å². The highest BCUT2D eigenvalue weighted by atomic mass is 32.2. The van der Waals surface area contributed by atoms with Gasteiger partial charge in [0.1, 0.15) is 0 Å². The van der Waals surface area contributed by atoms with Crippen molar-refractivity contribution in [2.45, 2.75) is 13.3 Å². The summed E-state index contributed by atoms with van der Waals surface area (Å²) >= 11 is 2.02. The lowest BCUT2D eigenvalue weighted by Gasteiger charge is -2.10. The fourth-order valence-corrected chi connectivity index (χ4v) is 2.49. The van der Waals surface area contributed by atoms with Crippen LogP contribution in [0.3, 0.4) is 0 Å². The molecule has 1 aliphatic rings. The first-order chi connectivity index (χ1) is 5.83. The topological polar surface area (TPSA) is 35.2 Å². The largest absolute Gasteiger partial charge is 0.381 e. The van der Waals surface area contributed by atoms with Crippen LogP contribution in [0.25, 0.3) is 0 Å². The molecule has 0 aromatic rings. The van der Waals surface area contributed by atoms with E-state index in [1.54, 1.807) is 0 Å². The van der Waals surface area contributed by atoms with Gasteiger partial charge in [-0.15, -0.1) is 0 Å². The third-order valence-corrected chi connectivity index (χ3v) is 3.69. The molecule has 1 aliphatic heterocycles. The molecular weight excluding hydrogens is 170 g/mol. The lowest BCUT2D eigenvalue weighted by molar-refractivity contribution is 0.189. The molecule has 3 heteroatoms. The Kier molecular flexibility index (Phi) is 5.04. The molecule has 0 bridgehead atoms. The minimum absolute atomic E-state index is 0.664. The molecule has 1 saturated heterocycles. The fourth-order valence-electron chi connectivity index (χ4n) is 1.22. The normalized spacial score (nSPS) is 26.0. The third-order valence-electron chi connectivity index (χ3n) is 2.18. The van der Waals surface area contributed by atoms with E-state index in [4.69, 9.17) is 10.5 Å². The van der Waals surface area contributed by atoms with Gasteiger partial charge in [0, 0.05) is 6.61 Å². The van der Waals surface area contributed by atoms with Crippen molar-refractivity contribution >= 4 is 11.8 Å². The first-order valence-corrected chi connectivity index (χ1v) is 5.84. The van der Waals surface area contributed by atoms with Gasteiger partial charge in [0.2, 0.25) is 0 Å². The Labute approximate surface area is 79.2 Å². The molecule has 0 spiro atoms. The highest BCUT2D eigenvalue weighted by molar-refractivity contribution is 7.99. The number of nitrogens with two attached hydrogens (primary N) is 1. The van der Waals surface area contributed by atoms with Crippen LogP contribution in [0, 0.1) is 11.8 Å². The summed E-state index contributed by atoms with van der Waals surface area (Å²) in [6, 6.07) is 0. The molecule has 1 rings (SSSR count). The molecule has 2 atom stereocenters. The number of hydrogen-bond donors (Lipinski definition) is 1.